The van der Waals surface area contributed by atoms with Gasteiger partial charge >= 0.3 is 0 Å². The lowest BCUT2D eigenvalue weighted by atomic mass is 10.1. The average Bonchev–Trinajstić information content (AvgIpc) is 2.94. The third-order valence-corrected chi connectivity index (χ3v) is 8.31. The smallest absolute Gasteiger partial charge is 0.264 e. The summed E-state index contributed by atoms with van der Waals surface area (Å²) in [6.07, 6.45) is 0. The van der Waals surface area contributed by atoms with Gasteiger partial charge in [-0.2, -0.15) is 0 Å². The fourth-order valence-corrected chi connectivity index (χ4v) is 5.51. The number of benzene rings is 3. The van der Waals surface area contributed by atoms with Crippen molar-refractivity contribution in [3.63, 3.8) is 0 Å². The summed E-state index contributed by atoms with van der Waals surface area (Å²) in [5.74, 6) is -1.13. The number of amides is 2. The van der Waals surface area contributed by atoms with Gasteiger partial charge in [-0.25, -0.2) is 12.8 Å². The lowest BCUT2D eigenvalue weighted by Crippen LogP contribution is -2.50. The van der Waals surface area contributed by atoms with Crippen LogP contribution in [0.5, 0.6) is 11.5 Å². The minimum Gasteiger partial charge on any atom is -0.493 e. The zero-order valence-corrected chi connectivity index (χ0v) is 24.3. The standard InChI is InChI=1S/C27H29BrFN3O6S/c1-18(27(34)30-2)31(16-19-5-7-20(28)8-6-19)26(33)17-32(22-11-9-21(29)10-12-22)39(35,36)23-13-14-24(37-3)25(15-23)38-4/h5-15,18H,16-17H2,1-4H3,(H,30,34). The molecule has 0 aliphatic heterocycles. The van der Waals surface area contributed by atoms with Gasteiger partial charge in [0, 0.05) is 24.1 Å². The molecule has 1 atom stereocenters. The van der Waals surface area contributed by atoms with Crippen molar-refractivity contribution in [2.24, 2.45) is 0 Å². The van der Waals surface area contributed by atoms with Crippen LogP contribution in [0.3, 0.4) is 0 Å². The van der Waals surface area contributed by atoms with Crippen LogP contribution >= 0.6 is 15.9 Å². The zero-order valence-electron chi connectivity index (χ0n) is 21.9. The third-order valence-electron chi connectivity index (χ3n) is 6.02. The second kappa shape index (κ2) is 12.9. The van der Waals surface area contributed by atoms with Crippen LogP contribution in [0.4, 0.5) is 10.1 Å². The summed E-state index contributed by atoms with van der Waals surface area (Å²) < 4.78 is 53.7. The fourth-order valence-electron chi connectivity index (χ4n) is 3.82. The SMILES string of the molecule is CNC(=O)C(C)N(Cc1ccc(Br)cc1)C(=O)CN(c1ccc(F)cc1)S(=O)(=O)c1ccc(OC)c(OC)c1. The number of hydrogen-bond donors (Lipinski definition) is 1. The van der Waals surface area contributed by atoms with E-state index < -0.39 is 40.2 Å². The number of ether oxygens (including phenoxy) is 2. The van der Waals surface area contributed by atoms with Gasteiger partial charge < -0.3 is 19.7 Å². The summed E-state index contributed by atoms with van der Waals surface area (Å²) in [5.41, 5.74) is 0.800. The molecule has 9 nitrogen and oxygen atoms in total. The Bertz CT molecular complexity index is 1420. The van der Waals surface area contributed by atoms with Gasteiger partial charge in [0.25, 0.3) is 10.0 Å². The molecular weight excluding hydrogens is 593 g/mol. The molecule has 0 heterocycles. The van der Waals surface area contributed by atoms with Gasteiger partial charge in [-0.05, 0) is 61.0 Å². The molecule has 12 heteroatoms. The highest BCUT2D eigenvalue weighted by atomic mass is 79.9. The quantitative estimate of drug-likeness (QED) is 0.347. The van der Waals surface area contributed by atoms with E-state index in [1.165, 1.54) is 56.5 Å². The molecule has 3 aromatic rings. The molecular formula is C27H29BrFN3O6S. The van der Waals surface area contributed by atoms with Crippen molar-refractivity contribution in [1.29, 1.82) is 0 Å². The fraction of sp³-hybridized carbons (Fsp3) is 0.259. The molecule has 0 fully saturated rings. The monoisotopic (exact) mass is 621 g/mol. The number of carbonyl (C=O) groups excluding carboxylic acids is 2. The predicted octanol–water partition coefficient (Wildman–Crippen LogP) is 3.96. The van der Waals surface area contributed by atoms with Crippen LogP contribution in [0.2, 0.25) is 0 Å². The average molecular weight is 623 g/mol. The minimum absolute atomic E-state index is 0.0500. The van der Waals surface area contributed by atoms with E-state index in [1.54, 1.807) is 31.2 Å². The molecule has 0 aliphatic rings. The van der Waals surface area contributed by atoms with Crippen molar-refractivity contribution in [3.8, 4) is 11.5 Å². The molecule has 1 N–H and O–H groups in total. The Balaban J connectivity index is 2.06. The van der Waals surface area contributed by atoms with Crippen molar-refractivity contribution >= 4 is 43.5 Å². The Morgan fingerprint density at radius 2 is 1.59 bits per heavy atom. The van der Waals surface area contributed by atoms with Crippen LogP contribution in [-0.4, -0.2) is 59.0 Å². The minimum atomic E-state index is -4.36. The van der Waals surface area contributed by atoms with Crippen LogP contribution in [0, 0.1) is 5.82 Å². The maximum atomic E-state index is 13.9. The Hall–Kier alpha value is -3.64. The van der Waals surface area contributed by atoms with E-state index in [0.29, 0.717) is 5.75 Å². The van der Waals surface area contributed by atoms with Gasteiger partial charge in [0.2, 0.25) is 11.8 Å². The second-order valence-electron chi connectivity index (χ2n) is 8.44. The number of nitrogens with one attached hydrogen (secondary N) is 1. The highest BCUT2D eigenvalue weighted by Gasteiger charge is 2.33. The first-order valence-corrected chi connectivity index (χ1v) is 14.0. The number of rotatable bonds is 11. The van der Waals surface area contributed by atoms with Crippen LogP contribution < -0.4 is 19.1 Å². The third kappa shape index (κ3) is 7.07. The van der Waals surface area contributed by atoms with E-state index in [0.717, 1.165) is 26.5 Å². The molecule has 208 valence electrons. The summed E-state index contributed by atoms with van der Waals surface area (Å²) in [6.45, 7) is 0.954. The Morgan fingerprint density at radius 1 is 0.974 bits per heavy atom. The van der Waals surface area contributed by atoms with Crippen molar-refractivity contribution in [1.82, 2.24) is 10.2 Å². The van der Waals surface area contributed by atoms with Crippen LogP contribution in [0.15, 0.2) is 76.1 Å². The number of carbonyl (C=O) groups is 2. The van der Waals surface area contributed by atoms with Gasteiger partial charge in [-0.15, -0.1) is 0 Å². The zero-order chi connectivity index (χ0) is 28.7. The second-order valence-corrected chi connectivity index (χ2v) is 11.2. The normalized spacial score (nSPS) is 11.8. The summed E-state index contributed by atoms with van der Waals surface area (Å²) >= 11 is 3.37. The maximum Gasteiger partial charge on any atom is 0.264 e. The first-order chi connectivity index (χ1) is 18.5. The molecule has 0 saturated heterocycles. The van der Waals surface area contributed by atoms with E-state index >= 15 is 0 Å². The summed E-state index contributed by atoms with van der Waals surface area (Å²) in [5, 5.41) is 2.53. The number of methoxy groups -OCH3 is 2. The molecule has 0 saturated carbocycles. The van der Waals surface area contributed by atoms with Crippen LogP contribution in [0.1, 0.15) is 12.5 Å². The van der Waals surface area contributed by atoms with Gasteiger partial charge in [0.05, 0.1) is 24.8 Å². The number of anilines is 1. The van der Waals surface area contributed by atoms with Gasteiger partial charge in [-0.3, -0.25) is 13.9 Å². The molecule has 2 amide bonds. The first-order valence-electron chi connectivity index (χ1n) is 11.8. The van der Waals surface area contributed by atoms with Gasteiger partial charge in [0.1, 0.15) is 18.4 Å². The van der Waals surface area contributed by atoms with Gasteiger partial charge in [0.15, 0.2) is 11.5 Å². The van der Waals surface area contributed by atoms with E-state index in [2.05, 4.69) is 21.2 Å². The highest BCUT2D eigenvalue weighted by molar-refractivity contribution is 9.10. The van der Waals surface area contributed by atoms with E-state index in [1.807, 2.05) is 0 Å². The van der Waals surface area contributed by atoms with Crippen LogP contribution in [0.25, 0.3) is 0 Å². The van der Waals surface area contributed by atoms with Crippen molar-refractivity contribution < 1.29 is 31.9 Å². The van der Waals surface area contributed by atoms with Gasteiger partial charge in [-0.1, -0.05) is 28.1 Å². The molecule has 3 rings (SSSR count). The highest BCUT2D eigenvalue weighted by Crippen LogP contribution is 2.32. The molecule has 0 bridgehead atoms. The largest absolute Gasteiger partial charge is 0.493 e. The molecule has 0 aliphatic carbocycles. The molecule has 39 heavy (non-hydrogen) atoms. The number of sulfonamides is 1. The van der Waals surface area contributed by atoms with E-state index in [-0.39, 0.29) is 22.9 Å². The number of nitrogens with zero attached hydrogens (tertiary/aromatic N) is 2. The van der Waals surface area contributed by atoms with E-state index in [9.17, 15) is 22.4 Å². The lowest BCUT2D eigenvalue weighted by Gasteiger charge is -2.31. The van der Waals surface area contributed by atoms with Crippen molar-refractivity contribution in [2.75, 3.05) is 32.1 Å². The van der Waals surface area contributed by atoms with E-state index in [4.69, 9.17) is 9.47 Å². The summed E-state index contributed by atoms with van der Waals surface area (Å²) in [7, 11) is -0.120. The molecule has 3 aromatic carbocycles. The number of halogens is 2. The molecule has 1 unspecified atom stereocenters. The van der Waals surface area contributed by atoms with Crippen molar-refractivity contribution in [2.45, 2.75) is 24.4 Å². The lowest BCUT2D eigenvalue weighted by molar-refractivity contribution is -0.139. The maximum absolute atomic E-state index is 13.9. The predicted molar refractivity (Wildman–Crippen MR) is 149 cm³/mol. The number of hydrogen-bond acceptors (Lipinski definition) is 6. The Labute approximate surface area is 235 Å². The number of likely N-dealkylation sites (N-methyl/N-ethyl adjacent to an activating group) is 1. The Kier molecular flexibility index (Phi) is 9.92. The summed E-state index contributed by atoms with van der Waals surface area (Å²) in [4.78, 5) is 27.4. The molecule has 0 aromatic heterocycles. The topological polar surface area (TPSA) is 105 Å². The first kappa shape index (κ1) is 29.9. The van der Waals surface area contributed by atoms with Crippen LogP contribution in [-0.2, 0) is 26.2 Å². The molecule has 0 spiro atoms. The molecule has 0 radical (unpaired) electrons. The Morgan fingerprint density at radius 3 is 2.15 bits per heavy atom. The van der Waals surface area contributed by atoms with Crippen molar-refractivity contribution in [3.05, 3.63) is 82.6 Å². The summed E-state index contributed by atoms with van der Waals surface area (Å²) in [6, 6.07) is 15.0.